The van der Waals surface area contributed by atoms with E-state index in [0.29, 0.717) is 12.4 Å². The Morgan fingerprint density at radius 1 is 1.24 bits per heavy atom. The summed E-state index contributed by atoms with van der Waals surface area (Å²) in [7, 11) is 0. The molecule has 2 N–H and O–H groups in total. The fraction of sp³-hybridized carbons (Fsp3) is 0.583. The smallest absolute Gasteiger partial charge is 0.148 e. The van der Waals surface area contributed by atoms with Crippen molar-refractivity contribution >= 4 is 17.4 Å². The molecular weight excluding hydrogens is 216 g/mol. The van der Waals surface area contributed by atoms with Gasteiger partial charge < -0.3 is 10.6 Å². The Kier molecular flexibility index (Phi) is 5.99. The van der Waals surface area contributed by atoms with Gasteiger partial charge in [-0.1, -0.05) is 19.8 Å². The van der Waals surface area contributed by atoms with Crippen molar-refractivity contribution < 1.29 is 4.79 Å². The Morgan fingerprint density at radius 2 is 1.94 bits per heavy atom. The van der Waals surface area contributed by atoms with E-state index in [0.717, 1.165) is 18.8 Å². The van der Waals surface area contributed by atoms with E-state index >= 15 is 0 Å². The minimum Gasteiger partial charge on any atom is -0.370 e. The van der Waals surface area contributed by atoms with Crippen LogP contribution in [0, 0.1) is 0 Å². The van der Waals surface area contributed by atoms with E-state index in [-0.39, 0.29) is 5.78 Å². The maximum atomic E-state index is 10.8. The molecule has 0 aliphatic carbocycles. The molecule has 5 heteroatoms. The molecule has 0 fully saturated rings. The van der Waals surface area contributed by atoms with Crippen LogP contribution in [0.5, 0.6) is 0 Å². The number of carbonyl (C=O) groups excluding carboxylic acids is 1. The predicted octanol–water partition coefficient (Wildman–Crippen LogP) is 2.08. The van der Waals surface area contributed by atoms with Gasteiger partial charge in [-0.25, -0.2) is 9.97 Å². The Labute approximate surface area is 102 Å². The first-order valence-corrected chi connectivity index (χ1v) is 6.01. The van der Waals surface area contributed by atoms with Gasteiger partial charge in [-0.15, -0.1) is 0 Å². The number of unbranched alkanes of at least 4 members (excludes halogenated alkanes) is 2. The Hall–Kier alpha value is -1.65. The Balaban J connectivity index is 2.39. The minimum absolute atomic E-state index is 0.0843. The van der Waals surface area contributed by atoms with Gasteiger partial charge in [-0.05, 0) is 13.3 Å². The number of nitrogens with zero attached hydrogens (tertiary/aromatic N) is 2. The zero-order chi connectivity index (χ0) is 12.5. The summed E-state index contributed by atoms with van der Waals surface area (Å²) in [6.07, 6.45) is 5.05. The SMILES string of the molecule is CCCCCNc1cc(NCC(C)=O)ncn1. The average Bonchev–Trinajstić information content (AvgIpc) is 2.33. The summed E-state index contributed by atoms with van der Waals surface area (Å²) in [4.78, 5) is 19.0. The second-order valence-electron chi connectivity index (χ2n) is 3.98. The number of hydrogen-bond donors (Lipinski definition) is 2. The largest absolute Gasteiger partial charge is 0.370 e. The molecule has 0 aliphatic heterocycles. The van der Waals surface area contributed by atoms with Gasteiger partial charge in [0, 0.05) is 12.6 Å². The van der Waals surface area contributed by atoms with Gasteiger partial charge in [0.05, 0.1) is 6.54 Å². The molecule has 5 nitrogen and oxygen atoms in total. The second-order valence-corrected chi connectivity index (χ2v) is 3.98. The van der Waals surface area contributed by atoms with Crippen LogP contribution in [0.3, 0.4) is 0 Å². The monoisotopic (exact) mass is 236 g/mol. The first-order valence-electron chi connectivity index (χ1n) is 6.01. The van der Waals surface area contributed by atoms with Crippen molar-refractivity contribution in [3.63, 3.8) is 0 Å². The molecule has 0 aromatic carbocycles. The quantitative estimate of drug-likeness (QED) is 0.676. The van der Waals surface area contributed by atoms with Crippen LogP contribution in [0.25, 0.3) is 0 Å². The summed E-state index contributed by atoms with van der Waals surface area (Å²) in [5, 5.41) is 6.18. The summed E-state index contributed by atoms with van der Waals surface area (Å²) in [5.74, 6) is 1.55. The van der Waals surface area contributed by atoms with Gasteiger partial charge in [0.25, 0.3) is 0 Å². The van der Waals surface area contributed by atoms with Crippen molar-refractivity contribution in [1.29, 1.82) is 0 Å². The topological polar surface area (TPSA) is 66.9 Å². The van der Waals surface area contributed by atoms with Crippen LogP contribution in [0.4, 0.5) is 11.6 Å². The molecule has 0 aliphatic rings. The zero-order valence-corrected chi connectivity index (χ0v) is 10.5. The third kappa shape index (κ3) is 5.85. The number of rotatable bonds is 8. The van der Waals surface area contributed by atoms with Crippen molar-refractivity contribution in [2.24, 2.45) is 0 Å². The molecule has 1 aromatic heterocycles. The predicted molar refractivity (Wildman–Crippen MR) is 69.2 cm³/mol. The summed E-state index contributed by atoms with van der Waals surface area (Å²) < 4.78 is 0. The fourth-order valence-corrected chi connectivity index (χ4v) is 1.36. The lowest BCUT2D eigenvalue weighted by Gasteiger charge is -2.07. The first-order chi connectivity index (χ1) is 8.22. The molecule has 0 unspecified atom stereocenters. The molecular formula is C12H20N4O. The van der Waals surface area contributed by atoms with E-state index in [1.54, 1.807) is 0 Å². The molecule has 0 atom stereocenters. The molecule has 1 rings (SSSR count). The van der Waals surface area contributed by atoms with Gasteiger partial charge >= 0.3 is 0 Å². The molecule has 1 heterocycles. The van der Waals surface area contributed by atoms with Crippen LogP contribution >= 0.6 is 0 Å². The molecule has 0 radical (unpaired) electrons. The minimum atomic E-state index is 0.0843. The number of nitrogens with one attached hydrogen (secondary N) is 2. The summed E-state index contributed by atoms with van der Waals surface area (Å²) >= 11 is 0. The number of Topliss-reactive ketones (excluding diaryl/α,β-unsaturated/α-hetero) is 1. The molecule has 94 valence electrons. The number of ketones is 1. The maximum Gasteiger partial charge on any atom is 0.148 e. The second kappa shape index (κ2) is 7.60. The third-order valence-corrected chi connectivity index (χ3v) is 2.27. The molecule has 0 amide bonds. The summed E-state index contributed by atoms with van der Waals surface area (Å²) in [6.45, 7) is 4.93. The van der Waals surface area contributed by atoms with Crippen LogP contribution in [0.15, 0.2) is 12.4 Å². The van der Waals surface area contributed by atoms with Crippen LogP contribution in [0.1, 0.15) is 33.1 Å². The normalized spacial score (nSPS) is 10.0. The lowest BCUT2D eigenvalue weighted by molar-refractivity contribution is -0.115. The standard InChI is InChI=1S/C12H20N4O/c1-3-4-5-6-13-11-7-12(16-9-15-11)14-8-10(2)17/h7,9H,3-6,8H2,1-2H3,(H2,13,14,15,16). The van der Waals surface area contributed by atoms with Crippen LogP contribution in [0.2, 0.25) is 0 Å². The highest BCUT2D eigenvalue weighted by molar-refractivity contribution is 5.80. The maximum absolute atomic E-state index is 10.8. The van der Waals surface area contributed by atoms with Gasteiger partial charge in [0.15, 0.2) is 0 Å². The number of carbonyl (C=O) groups is 1. The van der Waals surface area contributed by atoms with Crippen LogP contribution in [-0.4, -0.2) is 28.8 Å². The van der Waals surface area contributed by atoms with E-state index in [1.165, 1.54) is 26.1 Å². The van der Waals surface area contributed by atoms with Gasteiger partial charge in [-0.3, -0.25) is 4.79 Å². The third-order valence-electron chi connectivity index (χ3n) is 2.27. The van der Waals surface area contributed by atoms with Crippen molar-refractivity contribution in [2.45, 2.75) is 33.1 Å². The Bertz CT molecular complexity index is 354. The fourth-order valence-electron chi connectivity index (χ4n) is 1.36. The lowest BCUT2D eigenvalue weighted by atomic mass is 10.2. The average molecular weight is 236 g/mol. The van der Waals surface area contributed by atoms with E-state index in [2.05, 4.69) is 27.5 Å². The van der Waals surface area contributed by atoms with E-state index in [1.807, 2.05) is 6.07 Å². The highest BCUT2D eigenvalue weighted by Gasteiger charge is 1.99. The summed E-state index contributed by atoms with van der Waals surface area (Å²) in [5.41, 5.74) is 0. The van der Waals surface area contributed by atoms with Crippen molar-refractivity contribution in [2.75, 3.05) is 23.7 Å². The molecule has 0 saturated heterocycles. The van der Waals surface area contributed by atoms with Gasteiger partial charge in [0.1, 0.15) is 23.7 Å². The van der Waals surface area contributed by atoms with Gasteiger partial charge in [0.2, 0.25) is 0 Å². The number of aromatic nitrogens is 2. The molecule has 0 spiro atoms. The highest BCUT2D eigenvalue weighted by Crippen LogP contribution is 2.08. The zero-order valence-electron chi connectivity index (χ0n) is 10.5. The van der Waals surface area contributed by atoms with Crippen molar-refractivity contribution in [1.82, 2.24) is 9.97 Å². The van der Waals surface area contributed by atoms with Crippen molar-refractivity contribution in [3.05, 3.63) is 12.4 Å². The first kappa shape index (κ1) is 13.4. The Morgan fingerprint density at radius 3 is 2.59 bits per heavy atom. The van der Waals surface area contributed by atoms with Crippen molar-refractivity contribution in [3.8, 4) is 0 Å². The number of anilines is 2. The lowest BCUT2D eigenvalue weighted by Crippen LogP contribution is -2.11. The molecule has 1 aromatic rings. The molecule has 17 heavy (non-hydrogen) atoms. The van der Waals surface area contributed by atoms with E-state index in [9.17, 15) is 4.79 Å². The molecule has 0 bridgehead atoms. The highest BCUT2D eigenvalue weighted by atomic mass is 16.1. The van der Waals surface area contributed by atoms with Crippen LogP contribution in [-0.2, 0) is 4.79 Å². The molecule has 0 saturated carbocycles. The number of hydrogen-bond acceptors (Lipinski definition) is 5. The summed E-state index contributed by atoms with van der Waals surface area (Å²) in [6, 6.07) is 1.81. The van der Waals surface area contributed by atoms with Crippen LogP contribution < -0.4 is 10.6 Å². The van der Waals surface area contributed by atoms with Gasteiger partial charge in [-0.2, -0.15) is 0 Å². The van der Waals surface area contributed by atoms with E-state index < -0.39 is 0 Å². The van der Waals surface area contributed by atoms with E-state index in [4.69, 9.17) is 0 Å².